The fourth-order valence-electron chi connectivity index (χ4n) is 2.36. The average molecular weight is 263 g/mol. The van der Waals surface area contributed by atoms with E-state index in [1.807, 2.05) is 12.1 Å². The second-order valence-electron chi connectivity index (χ2n) is 4.76. The molecule has 5 heteroatoms. The van der Waals surface area contributed by atoms with Crippen LogP contribution >= 0.6 is 0 Å². The highest BCUT2D eigenvalue weighted by molar-refractivity contribution is 5.80. The van der Waals surface area contributed by atoms with Gasteiger partial charge in [-0.25, -0.2) is 0 Å². The number of carbonyl (C=O) groups is 1. The highest BCUT2D eigenvalue weighted by Gasteiger charge is 2.25. The largest absolute Gasteiger partial charge is 0.497 e. The van der Waals surface area contributed by atoms with Gasteiger partial charge in [-0.15, -0.1) is 0 Å². The third-order valence-electron chi connectivity index (χ3n) is 3.53. The first-order valence-corrected chi connectivity index (χ1v) is 6.57. The van der Waals surface area contributed by atoms with Crippen molar-refractivity contribution in [2.24, 2.45) is 5.73 Å². The first-order valence-electron chi connectivity index (χ1n) is 6.57. The first kappa shape index (κ1) is 13.8. The molecule has 1 aliphatic rings. The monoisotopic (exact) mass is 263 g/mol. The van der Waals surface area contributed by atoms with Crippen LogP contribution < -0.4 is 15.8 Å². The van der Waals surface area contributed by atoms with E-state index >= 15 is 0 Å². The molecule has 1 saturated heterocycles. The predicted molar refractivity (Wildman–Crippen MR) is 74.1 cm³/mol. The Morgan fingerprint density at radius 1 is 1.47 bits per heavy atom. The standard InChI is InChI=1S/C14H21N3O2/c1-19-12-4-2-11(3-5-12)6-8-17-9-7-16-10-13(17)14(15)18/h2-5,13,16H,6-10H2,1H3,(H2,15,18). The van der Waals surface area contributed by atoms with Gasteiger partial charge >= 0.3 is 0 Å². The highest BCUT2D eigenvalue weighted by Crippen LogP contribution is 2.13. The minimum absolute atomic E-state index is 0.188. The Balaban J connectivity index is 1.90. The number of nitrogens with one attached hydrogen (secondary N) is 1. The van der Waals surface area contributed by atoms with Gasteiger partial charge in [-0.2, -0.15) is 0 Å². The van der Waals surface area contributed by atoms with E-state index in [0.29, 0.717) is 6.54 Å². The fourth-order valence-corrected chi connectivity index (χ4v) is 2.36. The summed E-state index contributed by atoms with van der Waals surface area (Å²) in [6, 6.07) is 7.84. The van der Waals surface area contributed by atoms with Crippen molar-refractivity contribution >= 4 is 5.91 Å². The van der Waals surface area contributed by atoms with Crippen LogP contribution in [0, 0.1) is 0 Å². The number of methoxy groups -OCH3 is 1. The summed E-state index contributed by atoms with van der Waals surface area (Å²) in [6.45, 7) is 3.27. The van der Waals surface area contributed by atoms with E-state index in [0.717, 1.165) is 31.8 Å². The summed E-state index contributed by atoms with van der Waals surface area (Å²) >= 11 is 0. The second-order valence-corrected chi connectivity index (χ2v) is 4.76. The third-order valence-corrected chi connectivity index (χ3v) is 3.53. The molecule has 1 unspecified atom stereocenters. The van der Waals surface area contributed by atoms with Gasteiger partial charge in [-0.05, 0) is 24.1 Å². The lowest BCUT2D eigenvalue weighted by Crippen LogP contribution is -2.57. The minimum Gasteiger partial charge on any atom is -0.497 e. The van der Waals surface area contributed by atoms with Crippen molar-refractivity contribution < 1.29 is 9.53 Å². The molecule has 1 aromatic rings. The number of rotatable bonds is 5. The summed E-state index contributed by atoms with van der Waals surface area (Å²) < 4.78 is 5.13. The molecule has 2 rings (SSSR count). The van der Waals surface area contributed by atoms with Crippen LogP contribution in [0.25, 0.3) is 0 Å². The number of ether oxygens (including phenoxy) is 1. The summed E-state index contributed by atoms with van der Waals surface area (Å²) in [4.78, 5) is 13.5. The molecule has 1 atom stereocenters. The Hall–Kier alpha value is -1.59. The zero-order valence-electron chi connectivity index (χ0n) is 11.3. The van der Waals surface area contributed by atoms with Crippen molar-refractivity contribution in [3.63, 3.8) is 0 Å². The van der Waals surface area contributed by atoms with E-state index in [1.165, 1.54) is 5.56 Å². The number of amides is 1. The van der Waals surface area contributed by atoms with Gasteiger partial charge in [0, 0.05) is 26.2 Å². The lowest BCUT2D eigenvalue weighted by atomic mass is 10.1. The average Bonchev–Trinajstić information content (AvgIpc) is 2.46. The lowest BCUT2D eigenvalue weighted by Gasteiger charge is -2.34. The zero-order chi connectivity index (χ0) is 13.7. The molecule has 19 heavy (non-hydrogen) atoms. The summed E-state index contributed by atoms with van der Waals surface area (Å²) in [5, 5.41) is 3.20. The molecule has 1 aliphatic heterocycles. The highest BCUT2D eigenvalue weighted by atomic mass is 16.5. The van der Waals surface area contributed by atoms with E-state index in [2.05, 4.69) is 22.3 Å². The van der Waals surface area contributed by atoms with E-state index in [4.69, 9.17) is 10.5 Å². The van der Waals surface area contributed by atoms with Crippen molar-refractivity contribution in [1.29, 1.82) is 0 Å². The number of hydrogen-bond acceptors (Lipinski definition) is 4. The molecule has 104 valence electrons. The van der Waals surface area contributed by atoms with Gasteiger partial charge in [0.05, 0.1) is 7.11 Å². The second kappa shape index (κ2) is 6.54. The maximum absolute atomic E-state index is 11.4. The number of nitrogens with zero attached hydrogens (tertiary/aromatic N) is 1. The fraction of sp³-hybridized carbons (Fsp3) is 0.500. The van der Waals surface area contributed by atoms with Crippen molar-refractivity contribution in [3.8, 4) is 5.75 Å². The third kappa shape index (κ3) is 3.68. The van der Waals surface area contributed by atoms with Crippen molar-refractivity contribution in [1.82, 2.24) is 10.2 Å². The number of hydrogen-bond donors (Lipinski definition) is 2. The SMILES string of the molecule is COc1ccc(CCN2CCNCC2C(N)=O)cc1. The van der Waals surface area contributed by atoms with E-state index in [-0.39, 0.29) is 11.9 Å². The number of carbonyl (C=O) groups excluding carboxylic acids is 1. The topological polar surface area (TPSA) is 67.6 Å². The molecule has 0 radical (unpaired) electrons. The Kier molecular flexibility index (Phi) is 4.76. The number of benzene rings is 1. The lowest BCUT2D eigenvalue weighted by molar-refractivity contribution is -0.123. The summed E-state index contributed by atoms with van der Waals surface area (Å²) in [5.74, 6) is 0.614. The number of piperazine rings is 1. The molecular formula is C14H21N3O2. The Labute approximate surface area is 113 Å². The molecule has 1 aromatic carbocycles. The van der Waals surface area contributed by atoms with E-state index < -0.39 is 0 Å². The quantitative estimate of drug-likeness (QED) is 0.784. The smallest absolute Gasteiger partial charge is 0.236 e. The van der Waals surface area contributed by atoms with Crippen LogP contribution in [0.3, 0.4) is 0 Å². The van der Waals surface area contributed by atoms with Gasteiger partial charge < -0.3 is 15.8 Å². The molecule has 5 nitrogen and oxygen atoms in total. The molecule has 0 aromatic heterocycles. The molecular weight excluding hydrogens is 242 g/mol. The van der Waals surface area contributed by atoms with Gasteiger partial charge in [-0.1, -0.05) is 12.1 Å². The van der Waals surface area contributed by atoms with Crippen molar-refractivity contribution in [2.45, 2.75) is 12.5 Å². The van der Waals surface area contributed by atoms with Gasteiger partial charge in [-0.3, -0.25) is 9.69 Å². The summed E-state index contributed by atoms with van der Waals surface area (Å²) in [5.41, 5.74) is 6.67. The Morgan fingerprint density at radius 2 is 2.21 bits per heavy atom. The van der Waals surface area contributed by atoms with E-state index in [1.54, 1.807) is 7.11 Å². The van der Waals surface area contributed by atoms with Crippen molar-refractivity contribution in [2.75, 3.05) is 33.3 Å². The first-order chi connectivity index (χ1) is 9.20. The molecule has 1 heterocycles. The normalized spacial score (nSPS) is 20.2. The molecule has 3 N–H and O–H groups in total. The summed E-state index contributed by atoms with van der Waals surface area (Å²) in [7, 11) is 1.66. The van der Waals surface area contributed by atoms with Crippen molar-refractivity contribution in [3.05, 3.63) is 29.8 Å². The van der Waals surface area contributed by atoms with Gasteiger partial charge in [0.1, 0.15) is 11.8 Å². The predicted octanol–water partition coefficient (Wildman–Crippen LogP) is -0.00320. The van der Waals surface area contributed by atoms with Crippen LogP contribution in [0.4, 0.5) is 0 Å². The zero-order valence-corrected chi connectivity index (χ0v) is 11.3. The maximum atomic E-state index is 11.4. The van der Waals surface area contributed by atoms with Crippen LogP contribution in [-0.2, 0) is 11.2 Å². The van der Waals surface area contributed by atoms with Gasteiger partial charge in [0.2, 0.25) is 5.91 Å². The van der Waals surface area contributed by atoms with E-state index in [9.17, 15) is 4.79 Å². The molecule has 1 fully saturated rings. The minimum atomic E-state index is -0.248. The van der Waals surface area contributed by atoms with Crippen LogP contribution in [0.5, 0.6) is 5.75 Å². The van der Waals surface area contributed by atoms with Crippen LogP contribution in [0.2, 0.25) is 0 Å². The molecule has 0 aliphatic carbocycles. The summed E-state index contributed by atoms with van der Waals surface area (Å²) in [6.07, 6.45) is 0.910. The Morgan fingerprint density at radius 3 is 2.84 bits per heavy atom. The Bertz CT molecular complexity index is 419. The molecule has 0 bridgehead atoms. The maximum Gasteiger partial charge on any atom is 0.236 e. The molecule has 0 spiro atoms. The number of nitrogens with two attached hydrogens (primary N) is 1. The van der Waals surface area contributed by atoms with Gasteiger partial charge in [0.15, 0.2) is 0 Å². The number of primary amides is 1. The van der Waals surface area contributed by atoms with Gasteiger partial charge in [0.25, 0.3) is 0 Å². The van der Waals surface area contributed by atoms with Crippen LogP contribution in [0.15, 0.2) is 24.3 Å². The molecule has 1 amide bonds. The van der Waals surface area contributed by atoms with Crippen LogP contribution in [-0.4, -0.2) is 50.1 Å². The van der Waals surface area contributed by atoms with Crippen LogP contribution in [0.1, 0.15) is 5.56 Å². The molecule has 0 saturated carbocycles.